The Labute approximate surface area is 831 Å². The van der Waals surface area contributed by atoms with Crippen molar-refractivity contribution in [2.75, 3.05) is 11.1 Å². The van der Waals surface area contributed by atoms with Gasteiger partial charge in [-0.15, -0.1) is 0 Å². The maximum absolute atomic E-state index is 12.3. The Morgan fingerprint density at radius 2 is 0.879 bits per heavy atom. The van der Waals surface area contributed by atoms with Crippen molar-refractivity contribution in [3.05, 3.63) is 285 Å². The molecule has 0 aliphatic rings. The molecule has 5 N–H and O–H groups in total. The molecule has 9 aromatic carbocycles. The minimum Gasteiger partial charge on any atom is -1.00 e. The Balaban J connectivity index is -0.00000117. The van der Waals surface area contributed by atoms with Gasteiger partial charge in [0.1, 0.15) is 17.1 Å². The molecule has 0 spiro atoms. The van der Waals surface area contributed by atoms with Crippen molar-refractivity contribution in [3.8, 4) is 11.5 Å². The van der Waals surface area contributed by atoms with Crippen LogP contribution in [-0.2, 0) is 38.4 Å². The van der Waals surface area contributed by atoms with E-state index in [1.165, 1.54) is 77.8 Å². The molecule has 16 nitrogen and oxygen atoms in total. The van der Waals surface area contributed by atoms with E-state index in [0.29, 0.717) is 17.1 Å². The summed E-state index contributed by atoms with van der Waals surface area (Å²) in [6.45, 7) is 32.3. The molecule has 0 fully saturated rings. The van der Waals surface area contributed by atoms with E-state index in [0.717, 1.165) is 69.9 Å². The summed E-state index contributed by atoms with van der Waals surface area (Å²) in [5.74, 6) is -0.290. The van der Waals surface area contributed by atoms with Crippen LogP contribution in [0.2, 0.25) is 0 Å². The summed E-state index contributed by atoms with van der Waals surface area (Å²) < 4.78 is 40.4. The number of benzene rings is 9. The van der Waals surface area contributed by atoms with Gasteiger partial charge in [-0.2, -0.15) is 0 Å². The molecule has 0 unspecified atom stereocenters. The number of hydrogen-bond donors (Lipinski definition) is 4. The quantitative estimate of drug-likeness (QED) is 0.00901. The van der Waals surface area contributed by atoms with Gasteiger partial charge in [0.2, 0.25) is 0 Å². The molecule has 9 aromatic rings. The van der Waals surface area contributed by atoms with E-state index < -0.39 is 25.4 Å². The molecule has 0 aliphatic heterocycles. The number of aliphatic hydroxyl groups excluding tert-OH is 1. The van der Waals surface area contributed by atoms with Crippen molar-refractivity contribution in [2.45, 2.75) is 136 Å². The summed E-state index contributed by atoms with van der Waals surface area (Å²) in [5.41, 5.74) is 32.7. The molecule has 0 heterocycles. The molecule has 30 heteroatoms. The van der Waals surface area contributed by atoms with Gasteiger partial charge in [0.05, 0.1) is 12.2 Å². The van der Waals surface area contributed by atoms with E-state index in [4.69, 9.17) is 45.3 Å². The van der Waals surface area contributed by atoms with Crippen LogP contribution in [0.25, 0.3) is 10.4 Å². The molecule has 107 heavy (non-hydrogen) atoms. The number of aromatic carboxylic acids is 1. The number of nitrogen functional groups attached to an aromatic ring is 1. The SMILES string of the molecule is CCc1c(C)cc(I)cc1Br.CCc1c(C)cc(I)cc1Br.Cc1cc(C(=O)O)cc(Br)c1C.Cc1cc(I)cc(Br)c1C.Cc1cc(I)cc(Br)c1CO.Cc1cc(N)cc(Br)c1C.Cc1cc(NC(=O)OC(C)(C)C)cc(Br)c1C.O=CO[O-].[H-].[K+].[K+].[N-]=[N+]=NP(=O)(Oc1ccccc1)Oc1ccccc1. The Kier molecular flexibility index (Phi) is 57.7. The van der Waals surface area contributed by atoms with Gasteiger partial charge in [-0.3, -0.25) is 10.1 Å². The van der Waals surface area contributed by atoms with Gasteiger partial charge >= 0.3 is 123 Å². The number of amides is 1. The van der Waals surface area contributed by atoms with Crippen LogP contribution >= 0.6 is 210 Å². The number of aryl methyl sites for hydroxylation is 7. The zero-order valence-corrected chi connectivity index (χ0v) is 89.5. The van der Waals surface area contributed by atoms with Gasteiger partial charge in [-0.1, -0.05) is 162 Å². The van der Waals surface area contributed by atoms with Crippen LogP contribution < -0.4 is 128 Å². The third kappa shape index (κ3) is 43.4. The summed E-state index contributed by atoms with van der Waals surface area (Å²) in [4.78, 5) is 39.1. The van der Waals surface area contributed by atoms with Crippen molar-refractivity contribution in [3.63, 3.8) is 0 Å². The molecule has 0 aromatic heterocycles. The predicted molar refractivity (Wildman–Crippen MR) is 487 cm³/mol. The number of azide groups is 1. The zero-order chi connectivity index (χ0) is 80.2. The number of rotatable bonds is 11. The first kappa shape index (κ1) is 109. The smallest absolute Gasteiger partial charge is 1.00 e. The Morgan fingerprint density at radius 1 is 0.551 bits per heavy atom. The minimum atomic E-state index is -3.95. The summed E-state index contributed by atoms with van der Waals surface area (Å²) in [6.07, 6.45) is 1.76. The summed E-state index contributed by atoms with van der Waals surface area (Å²) >= 11 is 33.4. The van der Waals surface area contributed by atoms with E-state index in [1.807, 2.05) is 85.7 Å². The van der Waals surface area contributed by atoms with Crippen molar-refractivity contribution < 1.29 is 157 Å². The van der Waals surface area contributed by atoms with E-state index in [2.05, 4.69) is 320 Å². The average Bonchev–Trinajstić information content (AvgIpc) is 0.872. The molecular formula is C77H85Br7I4K2N5O11P. The van der Waals surface area contributed by atoms with Crippen molar-refractivity contribution in [1.29, 1.82) is 0 Å². The van der Waals surface area contributed by atoms with Gasteiger partial charge in [-0.05, 0) is 393 Å². The number of hydrogen-bond acceptors (Lipinski definition) is 11. The molecule has 0 saturated carbocycles. The van der Waals surface area contributed by atoms with Crippen LogP contribution in [0.1, 0.15) is 124 Å². The largest absolute Gasteiger partial charge is 1.00 e. The first-order valence-electron chi connectivity index (χ1n) is 31.5. The summed E-state index contributed by atoms with van der Waals surface area (Å²) in [5, 5.41) is 28.8. The maximum atomic E-state index is 12.3. The second-order valence-corrected chi connectivity index (χ2v) is 36.0. The standard InChI is InChI=1S/C13H18BrNO2.C12H10N3O3P.2C9H10BrI.C9H9BrO2.C8H8BrIO.C8H8BrI.C8H10BrN.CH2O3.2K.H/c1-8-6-10(7-11(14)9(8)2)15-12(16)17-13(3,4)5;13-14-15-19(16,17-11-7-3-1-4-8-11)18-12-9-5-2-6-10-12;2*1-3-8-6(2)4-7(11)5-9(8)10;1-5-3-7(9(11)12)4-8(10)6(5)2;1-5-2-6(10)3-8(9)7(5)4-11;2*1-5-3-7(10)4-8(9)6(5)2;2-1-4-3;;;/h6-7H,1-5H3,(H,15,16);1-10H;2*4-5H,3H2,1-2H3;3-4H,1-2H3,(H,11,12);2-3,11H,4H2,1H3;3-4H,1-2H3;3-4H,10H2,1-2H3;1,3H;;;/q;;;;;;;;;2*+1;-1/p-1. The van der Waals surface area contributed by atoms with E-state index in [1.54, 1.807) is 72.8 Å². The number of para-hydroxylation sites is 2. The maximum Gasteiger partial charge on any atom is 1.00 e. The number of ether oxygens (including phenoxy) is 1. The Bertz CT molecular complexity index is 4070. The van der Waals surface area contributed by atoms with Crippen LogP contribution in [0.4, 0.5) is 16.2 Å². The van der Waals surface area contributed by atoms with Gasteiger partial charge in [0.25, 0.3) is 6.47 Å². The fourth-order valence-electron chi connectivity index (χ4n) is 8.49. The monoisotopic (exact) mass is 2420 g/mol. The van der Waals surface area contributed by atoms with Gasteiger partial charge in [0.15, 0.2) is 0 Å². The fourth-order valence-corrected chi connectivity index (χ4v) is 18.9. The summed E-state index contributed by atoms with van der Waals surface area (Å²) in [6, 6.07) is 44.8. The van der Waals surface area contributed by atoms with E-state index >= 15 is 0 Å². The molecule has 0 radical (unpaired) electrons. The molecule has 568 valence electrons. The number of carbonyl (C=O) groups is 3. The minimum absolute atomic E-state index is 0. The number of nitrogens with two attached hydrogens (primary N) is 1. The molecule has 9 rings (SSSR count). The van der Waals surface area contributed by atoms with Crippen LogP contribution in [0.15, 0.2) is 182 Å². The molecule has 0 bridgehead atoms. The first-order valence-corrected chi connectivity index (χ1v) is 42.9. The van der Waals surface area contributed by atoms with Gasteiger partial charge in [0, 0.05) is 66.8 Å². The molecule has 0 saturated heterocycles. The normalized spacial score (nSPS) is 9.92. The number of carbonyl (C=O) groups excluding carboxylic acids is 2. The number of nitrogens with zero attached hydrogens (tertiary/aromatic N) is 3. The first-order chi connectivity index (χ1) is 49.0. The topological polar surface area (TPSA) is 256 Å². The second kappa shape index (κ2) is 56.8. The second-order valence-electron chi connectivity index (χ2n) is 23.6. The van der Waals surface area contributed by atoms with Crippen molar-refractivity contribution in [1.82, 2.24) is 0 Å². The van der Waals surface area contributed by atoms with Crippen LogP contribution in [0, 0.1) is 90.4 Å². The predicted octanol–water partition coefficient (Wildman–Crippen LogP) is 21.3. The Hall–Kier alpha value is -0.397. The number of nitrogens with one attached hydrogen (secondary N) is 1. The van der Waals surface area contributed by atoms with E-state index in [-0.39, 0.29) is 117 Å². The Morgan fingerprint density at radius 3 is 1.19 bits per heavy atom. The fraction of sp³-hybridized carbons (Fsp3) is 0.260. The van der Waals surface area contributed by atoms with Gasteiger partial charge in [-0.25, -0.2) is 14.2 Å². The molecule has 0 atom stereocenters. The molecule has 1 amide bonds. The molecular weight excluding hydrogens is 2350 g/mol. The average molecular weight is 2430 g/mol. The van der Waals surface area contributed by atoms with Crippen LogP contribution in [0.3, 0.4) is 0 Å². The summed E-state index contributed by atoms with van der Waals surface area (Å²) in [7, 11) is -3.95. The number of aliphatic hydroxyl groups is 1. The van der Waals surface area contributed by atoms with Crippen LogP contribution in [0.5, 0.6) is 11.5 Å². The number of anilines is 2. The number of halogens is 11. The zero-order valence-electron chi connectivity index (χ0n) is 63.6. The van der Waals surface area contributed by atoms with E-state index in [9.17, 15) is 14.2 Å². The third-order valence-electron chi connectivity index (χ3n) is 14.4. The van der Waals surface area contributed by atoms with Crippen LogP contribution in [-0.4, -0.2) is 34.3 Å². The van der Waals surface area contributed by atoms with Gasteiger partial charge < -0.3 is 41.3 Å². The van der Waals surface area contributed by atoms with Crippen molar-refractivity contribution >= 4 is 240 Å². The van der Waals surface area contributed by atoms with Crippen molar-refractivity contribution in [2.24, 2.45) is 4.88 Å². The number of carboxylic acid groups (broad SMARTS) is 1. The number of carboxylic acids is 1. The molecule has 0 aliphatic carbocycles. The third-order valence-corrected chi connectivity index (χ3v) is 23.5.